The van der Waals surface area contributed by atoms with E-state index < -0.39 is 5.54 Å². The van der Waals surface area contributed by atoms with Crippen LogP contribution in [0.1, 0.15) is 18.9 Å². The summed E-state index contributed by atoms with van der Waals surface area (Å²) in [7, 11) is 0. The molecule has 0 aliphatic carbocycles. The second-order valence-electron chi connectivity index (χ2n) is 3.40. The number of aliphatic hydroxyl groups excluding tert-OH is 1. The maximum atomic E-state index is 8.84. The Hall–Kier alpha value is -0.380. The van der Waals surface area contributed by atoms with Crippen LogP contribution in [0.3, 0.4) is 0 Å². The van der Waals surface area contributed by atoms with Crippen LogP contribution in [0.5, 0.6) is 0 Å². The molecule has 1 aromatic rings. The van der Waals surface area contributed by atoms with Crippen molar-refractivity contribution >= 4 is 15.9 Å². The van der Waals surface area contributed by atoms with E-state index in [0.29, 0.717) is 6.42 Å². The molecule has 1 aromatic carbocycles. The van der Waals surface area contributed by atoms with Crippen LogP contribution in [0.25, 0.3) is 0 Å². The minimum absolute atomic E-state index is 0.111. The number of halogens is 1. The predicted octanol–water partition coefficient (Wildman–Crippen LogP) is 2.01. The summed E-state index contributed by atoms with van der Waals surface area (Å²) in [5.41, 5.74) is 6.63. The molecule has 2 nitrogen and oxygen atoms in total. The first-order valence-corrected chi connectivity index (χ1v) is 5.01. The molecule has 0 radical (unpaired) electrons. The van der Waals surface area contributed by atoms with Crippen molar-refractivity contribution in [1.82, 2.24) is 0 Å². The Morgan fingerprint density at radius 1 is 1.54 bits per heavy atom. The van der Waals surface area contributed by atoms with E-state index >= 15 is 0 Å². The van der Waals surface area contributed by atoms with Crippen molar-refractivity contribution in [2.75, 3.05) is 6.61 Å². The molecule has 0 saturated carbocycles. The topological polar surface area (TPSA) is 46.2 Å². The highest BCUT2D eigenvalue weighted by Gasteiger charge is 2.20. The molecule has 0 aromatic heterocycles. The van der Waals surface area contributed by atoms with Crippen molar-refractivity contribution in [3.8, 4) is 0 Å². The van der Waals surface area contributed by atoms with Crippen molar-refractivity contribution in [3.05, 3.63) is 34.3 Å². The molecule has 0 spiro atoms. The second kappa shape index (κ2) is 4.22. The van der Waals surface area contributed by atoms with E-state index in [1.54, 1.807) is 0 Å². The highest BCUT2D eigenvalue weighted by Crippen LogP contribution is 2.23. The Morgan fingerprint density at radius 2 is 2.23 bits per heavy atom. The molecule has 0 fully saturated rings. The zero-order valence-electron chi connectivity index (χ0n) is 7.63. The van der Waals surface area contributed by atoms with Gasteiger partial charge in [-0.3, -0.25) is 0 Å². The highest BCUT2D eigenvalue weighted by molar-refractivity contribution is 9.10. The average Bonchev–Trinajstić information content (AvgIpc) is 2.04. The minimum Gasteiger partial charge on any atom is -0.396 e. The van der Waals surface area contributed by atoms with Crippen LogP contribution >= 0.6 is 15.9 Å². The van der Waals surface area contributed by atoms with E-state index in [0.717, 1.165) is 10.0 Å². The lowest BCUT2D eigenvalue weighted by Crippen LogP contribution is -2.33. The lowest BCUT2D eigenvalue weighted by atomic mass is 9.90. The van der Waals surface area contributed by atoms with E-state index in [1.807, 2.05) is 31.2 Å². The Bertz CT molecular complexity index is 286. The van der Waals surface area contributed by atoms with Gasteiger partial charge in [-0.2, -0.15) is 0 Å². The van der Waals surface area contributed by atoms with Crippen molar-refractivity contribution in [3.63, 3.8) is 0 Å². The SMILES string of the molecule is CC(N)(CCO)c1cccc(Br)c1. The summed E-state index contributed by atoms with van der Waals surface area (Å²) < 4.78 is 1.01. The normalized spacial score (nSPS) is 15.4. The molecule has 72 valence electrons. The van der Waals surface area contributed by atoms with E-state index in [4.69, 9.17) is 10.8 Å². The summed E-state index contributed by atoms with van der Waals surface area (Å²) in [5, 5.41) is 8.84. The first-order chi connectivity index (χ1) is 6.06. The standard InChI is InChI=1S/C10H14BrNO/c1-10(12,5-6-13)8-3-2-4-9(11)7-8/h2-4,7,13H,5-6,12H2,1H3. The fourth-order valence-corrected chi connectivity index (χ4v) is 1.62. The first-order valence-electron chi connectivity index (χ1n) is 4.22. The second-order valence-corrected chi connectivity index (χ2v) is 4.32. The molecule has 1 rings (SSSR count). The van der Waals surface area contributed by atoms with Gasteiger partial charge in [-0.1, -0.05) is 28.1 Å². The Balaban J connectivity index is 2.93. The Labute approximate surface area is 86.9 Å². The van der Waals surface area contributed by atoms with Crippen molar-refractivity contribution in [2.45, 2.75) is 18.9 Å². The van der Waals surface area contributed by atoms with Crippen molar-refractivity contribution < 1.29 is 5.11 Å². The van der Waals surface area contributed by atoms with Gasteiger partial charge in [0.25, 0.3) is 0 Å². The number of aliphatic hydroxyl groups is 1. The third-order valence-corrected chi connectivity index (χ3v) is 2.61. The molecule has 0 heterocycles. The van der Waals surface area contributed by atoms with Gasteiger partial charge >= 0.3 is 0 Å². The van der Waals surface area contributed by atoms with Crippen LogP contribution in [0, 0.1) is 0 Å². The van der Waals surface area contributed by atoms with Gasteiger partial charge in [0.1, 0.15) is 0 Å². The smallest absolute Gasteiger partial charge is 0.0451 e. The molecule has 3 N–H and O–H groups in total. The van der Waals surface area contributed by atoms with E-state index in [9.17, 15) is 0 Å². The van der Waals surface area contributed by atoms with Crippen LogP contribution in [0.4, 0.5) is 0 Å². The summed E-state index contributed by atoms with van der Waals surface area (Å²) in [4.78, 5) is 0. The summed E-state index contributed by atoms with van der Waals surface area (Å²) in [6.07, 6.45) is 0.573. The zero-order valence-corrected chi connectivity index (χ0v) is 9.21. The van der Waals surface area contributed by atoms with Gasteiger partial charge < -0.3 is 10.8 Å². The lowest BCUT2D eigenvalue weighted by Gasteiger charge is -2.24. The lowest BCUT2D eigenvalue weighted by molar-refractivity contribution is 0.247. The maximum absolute atomic E-state index is 8.84. The molecule has 13 heavy (non-hydrogen) atoms. The van der Waals surface area contributed by atoms with E-state index in [1.165, 1.54) is 0 Å². The molecule has 1 atom stereocenters. The number of benzene rings is 1. The molecular formula is C10H14BrNO. The van der Waals surface area contributed by atoms with Crippen LogP contribution in [-0.4, -0.2) is 11.7 Å². The molecule has 0 aliphatic rings. The van der Waals surface area contributed by atoms with Crippen LogP contribution in [0.15, 0.2) is 28.7 Å². The predicted molar refractivity (Wildman–Crippen MR) is 57.4 cm³/mol. The fourth-order valence-electron chi connectivity index (χ4n) is 1.22. The monoisotopic (exact) mass is 243 g/mol. The Kier molecular flexibility index (Phi) is 3.47. The zero-order chi connectivity index (χ0) is 9.90. The van der Waals surface area contributed by atoms with Gasteiger partial charge in [0.15, 0.2) is 0 Å². The summed E-state index contributed by atoms with van der Waals surface area (Å²) >= 11 is 3.39. The van der Waals surface area contributed by atoms with Gasteiger partial charge in [-0.05, 0) is 31.0 Å². The maximum Gasteiger partial charge on any atom is 0.0451 e. The van der Waals surface area contributed by atoms with E-state index in [-0.39, 0.29) is 6.61 Å². The van der Waals surface area contributed by atoms with Gasteiger partial charge in [0.2, 0.25) is 0 Å². The number of hydrogen-bond acceptors (Lipinski definition) is 2. The van der Waals surface area contributed by atoms with Gasteiger partial charge in [-0.25, -0.2) is 0 Å². The van der Waals surface area contributed by atoms with E-state index in [2.05, 4.69) is 15.9 Å². The molecule has 0 bridgehead atoms. The highest BCUT2D eigenvalue weighted by atomic mass is 79.9. The molecule has 0 aliphatic heterocycles. The summed E-state index contributed by atoms with van der Waals surface area (Å²) in [6, 6.07) is 7.86. The molecule has 0 saturated heterocycles. The van der Waals surface area contributed by atoms with Crippen LogP contribution in [0.2, 0.25) is 0 Å². The molecular weight excluding hydrogens is 230 g/mol. The number of rotatable bonds is 3. The molecule has 0 amide bonds. The minimum atomic E-state index is -0.446. The molecule has 3 heteroatoms. The third kappa shape index (κ3) is 2.79. The summed E-state index contributed by atoms with van der Waals surface area (Å²) in [5.74, 6) is 0. The number of hydrogen-bond donors (Lipinski definition) is 2. The average molecular weight is 244 g/mol. The van der Waals surface area contributed by atoms with Crippen molar-refractivity contribution in [1.29, 1.82) is 0 Å². The van der Waals surface area contributed by atoms with Crippen LogP contribution in [-0.2, 0) is 5.54 Å². The van der Waals surface area contributed by atoms with Gasteiger partial charge in [0.05, 0.1) is 0 Å². The van der Waals surface area contributed by atoms with Gasteiger partial charge in [-0.15, -0.1) is 0 Å². The quantitative estimate of drug-likeness (QED) is 0.854. The van der Waals surface area contributed by atoms with Crippen LogP contribution < -0.4 is 5.73 Å². The number of nitrogens with two attached hydrogens (primary N) is 1. The Morgan fingerprint density at radius 3 is 2.77 bits per heavy atom. The largest absolute Gasteiger partial charge is 0.396 e. The van der Waals surface area contributed by atoms with Crippen molar-refractivity contribution in [2.24, 2.45) is 5.73 Å². The van der Waals surface area contributed by atoms with Gasteiger partial charge in [0, 0.05) is 16.6 Å². The summed E-state index contributed by atoms with van der Waals surface area (Å²) in [6.45, 7) is 2.03. The molecule has 1 unspecified atom stereocenters. The fraction of sp³-hybridized carbons (Fsp3) is 0.400. The first kappa shape index (κ1) is 10.7. The third-order valence-electron chi connectivity index (χ3n) is 2.12.